The first-order valence-corrected chi connectivity index (χ1v) is 9.58. The number of para-hydroxylation sites is 1. The predicted octanol–water partition coefficient (Wildman–Crippen LogP) is 4.40. The molecule has 0 saturated carbocycles. The van der Waals surface area contributed by atoms with Crippen LogP contribution in [0.2, 0.25) is 5.02 Å². The summed E-state index contributed by atoms with van der Waals surface area (Å²) in [6, 6.07) is 13.5. The van der Waals surface area contributed by atoms with Crippen LogP contribution in [0.4, 0.5) is 5.69 Å². The minimum Gasteiger partial charge on any atom is -0.478 e. The number of nitrogens with one attached hydrogen (secondary N) is 1. The molecule has 0 aliphatic carbocycles. The summed E-state index contributed by atoms with van der Waals surface area (Å²) in [7, 11) is -3.81. The number of pyridine rings is 1. The van der Waals surface area contributed by atoms with Crippen molar-refractivity contribution in [3.8, 4) is 5.88 Å². The Morgan fingerprint density at radius 3 is 2.56 bits per heavy atom. The predicted molar refractivity (Wildman–Crippen MR) is 99.9 cm³/mol. The van der Waals surface area contributed by atoms with Crippen LogP contribution in [-0.4, -0.2) is 20.0 Å². The van der Waals surface area contributed by atoms with Crippen LogP contribution in [-0.2, 0) is 10.0 Å². The maximum atomic E-state index is 12.7. The molecule has 3 aromatic rings. The Labute approximate surface area is 151 Å². The molecule has 1 N–H and O–H groups in total. The molecule has 0 radical (unpaired) electrons. The van der Waals surface area contributed by atoms with E-state index in [-0.39, 0.29) is 9.92 Å². The highest BCUT2D eigenvalue weighted by Crippen LogP contribution is 2.31. The Morgan fingerprint density at radius 2 is 1.88 bits per heavy atom. The van der Waals surface area contributed by atoms with Crippen molar-refractivity contribution in [2.24, 2.45) is 0 Å². The van der Waals surface area contributed by atoms with Crippen LogP contribution < -0.4 is 9.46 Å². The van der Waals surface area contributed by atoms with Gasteiger partial charge in [-0.05, 0) is 43.7 Å². The van der Waals surface area contributed by atoms with E-state index < -0.39 is 10.0 Å². The molecule has 25 heavy (non-hydrogen) atoms. The molecule has 0 amide bonds. The van der Waals surface area contributed by atoms with Gasteiger partial charge in [0.15, 0.2) is 0 Å². The molecule has 5 nitrogen and oxygen atoms in total. The van der Waals surface area contributed by atoms with Gasteiger partial charge in [0.05, 0.1) is 17.1 Å². The van der Waals surface area contributed by atoms with E-state index in [4.69, 9.17) is 16.3 Å². The standard InChI is InChI=1S/C18H17ClN2O3S/c1-3-24-18-9-12(2)14-10-17(15(19)11-16(14)20-18)25(22,23)21-13-7-5-4-6-8-13/h4-11,21H,3H2,1-2H3. The molecular weight excluding hydrogens is 360 g/mol. The number of hydrogen-bond donors (Lipinski definition) is 1. The van der Waals surface area contributed by atoms with Gasteiger partial charge >= 0.3 is 0 Å². The largest absolute Gasteiger partial charge is 0.478 e. The van der Waals surface area contributed by atoms with E-state index in [1.165, 1.54) is 0 Å². The summed E-state index contributed by atoms with van der Waals surface area (Å²) >= 11 is 6.24. The third-order valence-corrected chi connectivity index (χ3v) is 5.50. The van der Waals surface area contributed by atoms with Crippen molar-refractivity contribution >= 4 is 38.2 Å². The number of benzene rings is 2. The van der Waals surface area contributed by atoms with Crippen LogP contribution in [0.3, 0.4) is 0 Å². The monoisotopic (exact) mass is 376 g/mol. The lowest BCUT2D eigenvalue weighted by atomic mass is 10.1. The lowest BCUT2D eigenvalue weighted by molar-refractivity contribution is 0.328. The maximum Gasteiger partial charge on any atom is 0.263 e. The lowest BCUT2D eigenvalue weighted by Gasteiger charge is -2.12. The van der Waals surface area contributed by atoms with Gasteiger partial charge in [0.25, 0.3) is 10.0 Å². The van der Waals surface area contributed by atoms with E-state index in [0.29, 0.717) is 29.1 Å². The average molecular weight is 377 g/mol. The summed E-state index contributed by atoms with van der Waals surface area (Å²) in [5.41, 5.74) is 1.92. The number of anilines is 1. The fourth-order valence-electron chi connectivity index (χ4n) is 2.51. The molecule has 1 heterocycles. The van der Waals surface area contributed by atoms with Gasteiger partial charge < -0.3 is 4.74 Å². The summed E-state index contributed by atoms with van der Waals surface area (Å²) in [5.74, 6) is 0.488. The number of nitrogens with zero attached hydrogens (tertiary/aromatic N) is 1. The Bertz CT molecular complexity index is 1020. The van der Waals surface area contributed by atoms with Crippen molar-refractivity contribution in [3.05, 3.63) is 59.1 Å². The first kappa shape index (κ1) is 17.5. The summed E-state index contributed by atoms with van der Waals surface area (Å²) in [5, 5.41) is 0.817. The van der Waals surface area contributed by atoms with Gasteiger partial charge in [-0.1, -0.05) is 29.8 Å². The second kappa shape index (κ2) is 6.90. The smallest absolute Gasteiger partial charge is 0.263 e. The fraction of sp³-hybridized carbons (Fsp3) is 0.167. The highest BCUT2D eigenvalue weighted by molar-refractivity contribution is 7.92. The minimum absolute atomic E-state index is 0.0135. The van der Waals surface area contributed by atoms with Gasteiger partial charge in [-0.2, -0.15) is 0 Å². The van der Waals surface area contributed by atoms with Crippen LogP contribution in [0, 0.1) is 6.92 Å². The molecule has 0 fully saturated rings. The van der Waals surface area contributed by atoms with E-state index >= 15 is 0 Å². The quantitative estimate of drug-likeness (QED) is 0.716. The zero-order chi connectivity index (χ0) is 18.0. The van der Waals surface area contributed by atoms with Crippen LogP contribution >= 0.6 is 11.6 Å². The number of rotatable bonds is 5. The molecule has 0 unspecified atom stereocenters. The zero-order valence-electron chi connectivity index (χ0n) is 13.8. The van der Waals surface area contributed by atoms with Crippen molar-refractivity contribution in [3.63, 3.8) is 0 Å². The Morgan fingerprint density at radius 1 is 1.16 bits per heavy atom. The van der Waals surface area contributed by atoms with E-state index in [0.717, 1.165) is 5.56 Å². The molecule has 7 heteroatoms. The molecule has 130 valence electrons. The summed E-state index contributed by atoms with van der Waals surface area (Å²) in [6.45, 7) is 4.25. The third kappa shape index (κ3) is 3.70. The normalized spacial score (nSPS) is 11.5. The van der Waals surface area contributed by atoms with Crippen molar-refractivity contribution in [2.45, 2.75) is 18.7 Å². The lowest BCUT2D eigenvalue weighted by Crippen LogP contribution is -2.13. The van der Waals surface area contributed by atoms with Crippen molar-refractivity contribution in [2.75, 3.05) is 11.3 Å². The number of aryl methyl sites for hydroxylation is 1. The first-order chi connectivity index (χ1) is 11.9. The minimum atomic E-state index is -3.81. The highest BCUT2D eigenvalue weighted by Gasteiger charge is 2.20. The molecule has 3 rings (SSSR count). The van der Waals surface area contributed by atoms with Crippen LogP contribution in [0.25, 0.3) is 10.9 Å². The topological polar surface area (TPSA) is 68.3 Å². The van der Waals surface area contributed by atoms with Crippen molar-refractivity contribution in [1.29, 1.82) is 0 Å². The fourth-order valence-corrected chi connectivity index (χ4v) is 4.12. The number of hydrogen-bond acceptors (Lipinski definition) is 4. The second-order valence-corrected chi connectivity index (χ2v) is 7.54. The van der Waals surface area contributed by atoms with E-state index in [9.17, 15) is 8.42 Å². The van der Waals surface area contributed by atoms with Crippen LogP contribution in [0.1, 0.15) is 12.5 Å². The molecule has 0 bridgehead atoms. The zero-order valence-corrected chi connectivity index (χ0v) is 15.4. The molecule has 0 atom stereocenters. The number of ether oxygens (including phenoxy) is 1. The molecule has 1 aromatic heterocycles. The van der Waals surface area contributed by atoms with Gasteiger partial charge in [-0.25, -0.2) is 13.4 Å². The molecule has 0 aliphatic heterocycles. The number of fused-ring (bicyclic) bond motifs is 1. The van der Waals surface area contributed by atoms with Gasteiger partial charge in [-0.15, -0.1) is 0 Å². The summed E-state index contributed by atoms with van der Waals surface area (Å²) < 4.78 is 33.4. The molecule has 2 aromatic carbocycles. The molecule has 0 aliphatic rings. The third-order valence-electron chi connectivity index (χ3n) is 3.65. The molecule has 0 saturated heterocycles. The Hall–Kier alpha value is -2.31. The van der Waals surface area contributed by atoms with Gasteiger partial charge in [0, 0.05) is 17.1 Å². The van der Waals surface area contributed by atoms with E-state index in [1.54, 1.807) is 42.5 Å². The summed E-state index contributed by atoms with van der Waals surface area (Å²) in [4.78, 5) is 4.39. The van der Waals surface area contributed by atoms with Crippen molar-refractivity contribution < 1.29 is 13.2 Å². The number of aromatic nitrogens is 1. The first-order valence-electron chi connectivity index (χ1n) is 7.72. The average Bonchev–Trinajstić information content (AvgIpc) is 2.55. The number of sulfonamides is 1. The highest BCUT2D eigenvalue weighted by atomic mass is 35.5. The van der Waals surface area contributed by atoms with E-state index in [2.05, 4.69) is 9.71 Å². The SMILES string of the molecule is CCOc1cc(C)c2cc(S(=O)(=O)Nc3ccccc3)c(Cl)cc2n1. The second-order valence-electron chi connectivity index (χ2n) is 5.48. The Kier molecular flexibility index (Phi) is 4.83. The van der Waals surface area contributed by atoms with Gasteiger partial charge in [0.2, 0.25) is 5.88 Å². The molecule has 0 spiro atoms. The number of halogens is 1. The van der Waals surface area contributed by atoms with Gasteiger partial charge in [0.1, 0.15) is 4.90 Å². The maximum absolute atomic E-state index is 12.7. The molecular formula is C18H17ClN2O3S. The Balaban J connectivity index is 2.09. The van der Waals surface area contributed by atoms with Gasteiger partial charge in [-0.3, -0.25) is 4.72 Å². The van der Waals surface area contributed by atoms with Crippen molar-refractivity contribution in [1.82, 2.24) is 4.98 Å². The summed E-state index contributed by atoms with van der Waals surface area (Å²) in [6.07, 6.45) is 0. The van der Waals surface area contributed by atoms with E-state index in [1.807, 2.05) is 19.9 Å². The van der Waals surface area contributed by atoms with Crippen LogP contribution in [0.5, 0.6) is 5.88 Å². The van der Waals surface area contributed by atoms with Crippen LogP contribution in [0.15, 0.2) is 53.4 Å².